The van der Waals surface area contributed by atoms with E-state index in [0.717, 1.165) is 12.0 Å². The van der Waals surface area contributed by atoms with Crippen molar-refractivity contribution in [1.82, 2.24) is 0 Å². The van der Waals surface area contributed by atoms with Gasteiger partial charge in [-0.15, -0.1) is 0 Å². The van der Waals surface area contributed by atoms with Crippen LogP contribution in [0.2, 0.25) is 0 Å². The summed E-state index contributed by atoms with van der Waals surface area (Å²) in [7, 11) is 0. The molecule has 0 spiro atoms. The zero-order valence-corrected chi connectivity index (χ0v) is 14.1. The van der Waals surface area contributed by atoms with Gasteiger partial charge in [0.25, 0.3) is 5.91 Å². The molecule has 1 aromatic carbocycles. The number of hydrogen-bond acceptors (Lipinski definition) is 4. The second-order valence-corrected chi connectivity index (χ2v) is 5.85. The first-order valence-electron chi connectivity index (χ1n) is 8.04. The molecule has 126 valence electrons. The molecule has 0 radical (unpaired) electrons. The topological polar surface area (TPSA) is 59.0 Å². The summed E-state index contributed by atoms with van der Waals surface area (Å²) in [6, 6.07) is 3.55. The van der Waals surface area contributed by atoms with E-state index in [0.29, 0.717) is 42.3 Å². The van der Waals surface area contributed by atoms with Gasteiger partial charge in [-0.1, -0.05) is 26.0 Å². The maximum absolute atomic E-state index is 12.6. The molecule has 1 aromatic rings. The summed E-state index contributed by atoms with van der Waals surface area (Å²) in [5.41, 5.74) is 2.21. The fraction of sp³-hybridized carbons (Fsp3) is 0.500. The molecule has 1 atom stereocenters. The fourth-order valence-corrected chi connectivity index (χ4v) is 2.55. The van der Waals surface area contributed by atoms with Gasteiger partial charge < -0.3 is 19.5 Å². The maximum atomic E-state index is 12.6. The van der Waals surface area contributed by atoms with Crippen LogP contribution in [0.5, 0.6) is 11.5 Å². The minimum atomic E-state index is -0.522. The second-order valence-electron chi connectivity index (χ2n) is 5.85. The van der Waals surface area contributed by atoms with E-state index >= 15 is 0 Å². The number of ether oxygens (including phenoxy) is 2. The van der Waals surface area contributed by atoms with Crippen LogP contribution >= 0.6 is 0 Å². The van der Waals surface area contributed by atoms with Gasteiger partial charge in [0.2, 0.25) is 0 Å². The van der Waals surface area contributed by atoms with Crippen molar-refractivity contribution in [2.75, 3.05) is 18.1 Å². The van der Waals surface area contributed by atoms with E-state index in [9.17, 15) is 9.90 Å². The lowest BCUT2D eigenvalue weighted by Crippen LogP contribution is -2.46. The molecular weight excluding hydrogens is 294 g/mol. The number of hydrogen-bond donors (Lipinski definition) is 1. The lowest BCUT2D eigenvalue weighted by atomic mass is 10.1. The third-order valence-corrected chi connectivity index (χ3v) is 3.63. The minimum Gasteiger partial charge on any atom is -0.490 e. The van der Waals surface area contributed by atoms with Crippen LogP contribution in [0, 0.1) is 0 Å². The molecule has 1 amide bonds. The van der Waals surface area contributed by atoms with Crippen LogP contribution in [-0.4, -0.2) is 30.3 Å². The summed E-state index contributed by atoms with van der Waals surface area (Å²) in [5.74, 6) is 1.06. The van der Waals surface area contributed by atoms with Crippen molar-refractivity contribution < 1.29 is 19.4 Å². The Labute approximate surface area is 137 Å². The van der Waals surface area contributed by atoms with Gasteiger partial charge >= 0.3 is 0 Å². The molecule has 0 aliphatic carbocycles. The first-order valence-corrected chi connectivity index (χ1v) is 8.04. The molecule has 1 heterocycles. The van der Waals surface area contributed by atoms with Crippen molar-refractivity contribution >= 4 is 11.6 Å². The highest BCUT2D eigenvalue weighted by atomic mass is 16.5. The highest BCUT2D eigenvalue weighted by molar-refractivity contribution is 6.01. The molecular formula is C18H25NO4. The number of carbonyl (C=O) groups excluding carboxylic acids is 1. The number of anilines is 1. The van der Waals surface area contributed by atoms with Gasteiger partial charge in [0.1, 0.15) is 0 Å². The normalized spacial score (nSPS) is 16.8. The van der Waals surface area contributed by atoms with Gasteiger partial charge in [-0.3, -0.25) is 4.79 Å². The zero-order valence-electron chi connectivity index (χ0n) is 14.1. The molecule has 0 saturated heterocycles. The Kier molecular flexibility index (Phi) is 5.66. The molecule has 23 heavy (non-hydrogen) atoms. The van der Waals surface area contributed by atoms with Crippen molar-refractivity contribution in [3.05, 3.63) is 29.8 Å². The van der Waals surface area contributed by atoms with E-state index < -0.39 is 6.10 Å². The van der Waals surface area contributed by atoms with Crippen molar-refractivity contribution in [2.45, 2.75) is 46.3 Å². The van der Waals surface area contributed by atoms with Crippen LogP contribution < -0.4 is 14.4 Å². The Morgan fingerprint density at radius 2 is 2.17 bits per heavy atom. The van der Waals surface area contributed by atoms with Crippen molar-refractivity contribution in [3.63, 3.8) is 0 Å². The first-order chi connectivity index (χ1) is 11.0. The fourth-order valence-electron chi connectivity index (χ4n) is 2.55. The number of fused-ring (bicyclic) bond motifs is 1. The van der Waals surface area contributed by atoms with E-state index in [1.807, 2.05) is 20.8 Å². The summed E-state index contributed by atoms with van der Waals surface area (Å²) in [6.07, 6.45) is 0.926. The molecule has 1 aliphatic heterocycles. The van der Waals surface area contributed by atoms with Crippen LogP contribution in [-0.2, 0) is 11.4 Å². The second kappa shape index (κ2) is 7.51. The SMILES string of the molecule is C=C(C)CN1C(=O)C(CC)Oc2c(OCCC)cc(CO)cc21. The molecule has 0 aromatic heterocycles. The smallest absolute Gasteiger partial charge is 0.268 e. The van der Waals surface area contributed by atoms with Crippen LogP contribution in [0.25, 0.3) is 0 Å². The number of carbonyl (C=O) groups is 1. The molecule has 5 heteroatoms. The average molecular weight is 319 g/mol. The largest absolute Gasteiger partial charge is 0.490 e. The predicted octanol–water partition coefficient (Wildman–Crippen LogP) is 3.05. The van der Waals surface area contributed by atoms with Crippen LogP contribution in [0.1, 0.15) is 39.2 Å². The van der Waals surface area contributed by atoms with Gasteiger partial charge in [-0.05, 0) is 37.5 Å². The Balaban J connectivity index is 2.53. The summed E-state index contributed by atoms with van der Waals surface area (Å²) in [4.78, 5) is 14.3. The zero-order chi connectivity index (χ0) is 17.0. The molecule has 0 fully saturated rings. The maximum Gasteiger partial charge on any atom is 0.268 e. The predicted molar refractivity (Wildman–Crippen MR) is 90.0 cm³/mol. The number of aliphatic hydroxyl groups is 1. The quantitative estimate of drug-likeness (QED) is 0.785. The third-order valence-electron chi connectivity index (χ3n) is 3.63. The first kappa shape index (κ1) is 17.3. The van der Waals surface area contributed by atoms with E-state index in [4.69, 9.17) is 9.47 Å². The van der Waals surface area contributed by atoms with E-state index in [-0.39, 0.29) is 12.5 Å². The van der Waals surface area contributed by atoms with Crippen LogP contribution in [0.3, 0.4) is 0 Å². The minimum absolute atomic E-state index is 0.0838. The van der Waals surface area contributed by atoms with E-state index in [1.165, 1.54) is 0 Å². The number of rotatable bonds is 7. The van der Waals surface area contributed by atoms with E-state index in [1.54, 1.807) is 17.0 Å². The van der Waals surface area contributed by atoms with Gasteiger partial charge in [-0.25, -0.2) is 0 Å². The Hall–Kier alpha value is -2.01. The average Bonchev–Trinajstić information content (AvgIpc) is 2.54. The molecule has 0 saturated carbocycles. The molecule has 1 unspecified atom stereocenters. The third kappa shape index (κ3) is 3.67. The van der Waals surface area contributed by atoms with Gasteiger partial charge in [0.15, 0.2) is 17.6 Å². The van der Waals surface area contributed by atoms with Crippen LogP contribution in [0.15, 0.2) is 24.3 Å². The molecule has 2 rings (SSSR count). The summed E-state index contributed by atoms with van der Waals surface area (Å²) in [6.45, 7) is 10.6. The molecule has 0 bridgehead atoms. The summed E-state index contributed by atoms with van der Waals surface area (Å²) < 4.78 is 11.7. The van der Waals surface area contributed by atoms with Gasteiger partial charge in [0.05, 0.1) is 18.9 Å². The van der Waals surface area contributed by atoms with Crippen molar-refractivity contribution in [1.29, 1.82) is 0 Å². The molecule has 1 N–H and O–H groups in total. The Morgan fingerprint density at radius 1 is 1.43 bits per heavy atom. The monoisotopic (exact) mass is 319 g/mol. The number of amides is 1. The highest BCUT2D eigenvalue weighted by Gasteiger charge is 2.35. The highest BCUT2D eigenvalue weighted by Crippen LogP contribution is 2.43. The molecule has 1 aliphatic rings. The van der Waals surface area contributed by atoms with Crippen molar-refractivity contribution in [2.24, 2.45) is 0 Å². The van der Waals surface area contributed by atoms with Gasteiger partial charge in [0, 0.05) is 6.54 Å². The standard InChI is InChI=1S/C18H25NO4/c1-5-7-22-16-9-13(11-20)8-14-17(16)23-15(6-2)18(21)19(14)10-12(3)4/h8-9,15,20H,3,5-7,10-11H2,1-2,4H3. The van der Waals surface area contributed by atoms with E-state index in [2.05, 4.69) is 6.58 Å². The Morgan fingerprint density at radius 3 is 2.74 bits per heavy atom. The lowest BCUT2D eigenvalue weighted by Gasteiger charge is -2.35. The summed E-state index contributed by atoms with van der Waals surface area (Å²) in [5, 5.41) is 9.50. The molecule has 5 nitrogen and oxygen atoms in total. The lowest BCUT2D eigenvalue weighted by molar-refractivity contribution is -0.126. The van der Waals surface area contributed by atoms with Gasteiger partial charge in [-0.2, -0.15) is 0 Å². The van der Waals surface area contributed by atoms with Crippen molar-refractivity contribution in [3.8, 4) is 11.5 Å². The summed E-state index contributed by atoms with van der Waals surface area (Å²) >= 11 is 0. The number of benzene rings is 1. The number of nitrogens with zero attached hydrogens (tertiary/aromatic N) is 1. The van der Waals surface area contributed by atoms with Crippen LogP contribution in [0.4, 0.5) is 5.69 Å². The Bertz CT molecular complexity index is 597. The number of aliphatic hydroxyl groups excluding tert-OH is 1.